The average Bonchev–Trinajstić information content (AvgIpc) is 3.04. The summed E-state index contributed by atoms with van der Waals surface area (Å²) in [5, 5.41) is 12.5. The molecule has 0 spiro atoms. The summed E-state index contributed by atoms with van der Waals surface area (Å²) in [6.07, 6.45) is 3.78. The molecule has 0 aliphatic carbocycles. The smallest absolute Gasteiger partial charge is 0.317 e. The van der Waals surface area contributed by atoms with Gasteiger partial charge in [-0.2, -0.15) is 0 Å². The van der Waals surface area contributed by atoms with E-state index in [-0.39, 0.29) is 30.9 Å². The summed E-state index contributed by atoms with van der Waals surface area (Å²) < 4.78 is 13.7. The van der Waals surface area contributed by atoms with E-state index in [9.17, 15) is 14.3 Å². The summed E-state index contributed by atoms with van der Waals surface area (Å²) in [5.41, 5.74) is 0.485. The SMILES string of the molecule is O=C(NCc1ccccc1F)N1C[C@@H](CN2CCCCC2)[C@@H](CO)C1. The van der Waals surface area contributed by atoms with Crippen LogP contribution in [0.15, 0.2) is 24.3 Å². The zero-order chi connectivity index (χ0) is 17.6. The first-order valence-electron chi connectivity index (χ1n) is 9.26. The van der Waals surface area contributed by atoms with E-state index in [4.69, 9.17) is 0 Å². The molecule has 0 aromatic heterocycles. The second-order valence-electron chi connectivity index (χ2n) is 7.22. The first-order valence-corrected chi connectivity index (χ1v) is 9.26. The van der Waals surface area contributed by atoms with Crippen molar-refractivity contribution in [2.24, 2.45) is 11.8 Å². The maximum Gasteiger partial charge on any atom is 0.317 e. The molecule has 2 heterocycles. The topological polar surface area (TPSA) is 55.8 Å². The number of aliphatic hydroxyl groups excluding tert-OH is 1. The standard InChI is InChI=1S/C19H28FN3O2/c20-18-7-3-2-6-15(18)10-21-19(25)23-12-16(17(13-23)14-24)11-22-8-4-1-5-9-22/h2-3,6-7,16-17,24H,1,4-5,8-14H2,(H,21,25)/t16-,17-/m1/s1. The van der Waals surface area contributed by atoms with Gasteiger partial charge in [-0.15, -0.1) is 0 Å². The van der Waals surface area contributed by atoms with Crippen molar-refractivity contribution in [1.29, 1.82) is 0 Å². The quantitative estimate of drug-likeness (QED) is 0.856. The Kier molecular flexibility index (Phi) is 6.26. The van der Waals surface area contributed by atoms with Crippen LogP contribution in [0.25, 0.3) is 0 Å². The molecule has 0 saturated carbocycles. The van der Waals surface area contributed by atoms with E-state index in [1.54, 1.807) is 23.1 Å². The van der Waals surface area contributed by atoms with Crippen LogP contribution in [0, 0.1) is 17.7 Å². The highest BCUT2D eigenvalue weighted by Gasteiger charge is 2.35. The van der Waals surface area contributed by atoms with Gasteiger partial charge in [0.2, 0.25) is 0 Å². The highest BCUT2D eigenvalue weighted by Crippen LogP contribution is 2.25. The van der Waals surface area contributed by atoms with Crippen molar-refractivity contribution in [2.75, 3.05) is 39.3 Å². The highest BCUT2D eigenvalue weighted by atomic mass is 19.1. The van der Waals surface area contributed by atoms with Crippen molar-refractivity contribution in [1.82, 2.24) is 15.1 Å². The van der Waals surface area contributed by atoms with Gasteiger partial charge < -0.3 is 20.2 Å². The Bertz CT molecular complexity index is 578. The number of hydrogen-bond acceptors (Lipinski definition) is 3. The summed E-state index contributed by atoms with van der Waals surface area (Å²) >= 11 is 0. The minimum atomic E-state index is -0.305. The summed E-state index contributed by atoms with van der Waals surface area (Å²) in [6, 6.07) is 6.29. The van der Waals surface area contributed by atoms with Crippen molar-refractivity contribution in [3.8, 4) is 0 Å². The maximum atomic E-state index is 13.7. The minimum absolute atomic E-state index is 0.107. The molecule has 0 bridgehead atoms. The second-order valence-corrected chi connectivity index (χ2v) is 7.22. The molecule has 6 heteroatoms. The predicted molar refractivity (Wildman–Crippen MR) is 94.6 cm³/mol. The number of carbonyl (C=O) groups is 1. The number of benzene rings is 1. The first-order chi connectivity index (χ1) is 12.2. The summed E-state index contributed by atoms with van der Waals surface area (Å²) in [7, 11) is 0. The van der Waals surface area contributed by atoms with Crippen LogP contribution in [-0.4, -0.2) is 60.3 Å². The monoisotopic (exact) mass is 349 g/mol. The minimum Gasteiger partial charge on any atom is -0.396 e. The Balaban J connectivity index is 1.52. The Labute approximate surface area is 148 Å². The lowest BCUT2D eigenvalue weighted by molar-refractivity contribution is 0.149. The van der Waals surface area contributed by atoms with Crippen LogP contribution in [0.4, 0.5) is 9.18 Å². The van der Waals surface area contributed by atoms with Crippen LogP contribution in [0.2, 0.25) is 0 Å². The molecule has 2 fully saturated rings. The van der Waals surface area contributed by atoms with E-state index in [1.807, 2.05) is 0 Å². The molecule has 2 aliphatic heterocycles. The van der Waals surface area contributed by atoms with E-state index in [2.05, 4.69) is 10.2 Å². The third-order valence-corrected chi connectivity index (χ3v) is 5.43. The zero-order valence-corrected chi connectivity index (χ0v) is 14.7. The maximum absolute atomic E-state index is 13.7. The van der Waals surface area contributed by atoms with E-state index in [0.29, 0.717) is 24.6 Å². The number of carbonyl (C=O) groups excluding carboxylic acids is 1. The van der Waals surface area contributed by atoms with Gasteiger partial charge in [-0.25, -0.2) is 9.18 Å². The molecule has 3 rings (SSSR count). The molecule has 25 heavy (non-hydrogen) atoms. The molecule has 2 atom stereocenters. The number of hydrogen-bond donors (Lipinski definition) is 2. The van der Waals surface area contributed by atoms with Gasteiger partial charge in [0.05, 0.1) is 0 Å². The second kappa shape index (κ2) is 8.63. The van der Waals surface area contributed by atoms with Gasteiger partial charge in [-0.05, 0) is 37.9 Å². The average molecular weight is 349 g/mol. The fraction of sp³-hybridized carbons (Fsp3) is 0.632. The van der Waals surface area contributed by atoms with Gasteiger partial charge in [0.15, 0.2) is 0 Å². The van der Waals surface area contributed by atoms with Gasteiger partial charge in [-0.1, -0.05) is 24.6 Å². The number of rotatable bonds is 5. The fourth-order valence-electron chi connectivity index (χ4n) is 3.92. The number of halogens is 1. The summed E-state index contributed by atoms with van der Waals surface area (Å²) in [5.74, 6) is 0.129. The van der Waals surface area contributed by atoms with E-state index >= 15 is 0 Å². The van der Waals surface area contributed by atoms with Crippen LogP contribution in [-0.2, 0) is 6.54 Å². The fourth-order valence-corrected chi connectivity index (χ4v) is 3.92. The van der Waals surface area contributed by atoms with Crippen LogP contribution >= 0.6 is 0 Å². The first kappa shape index (κ1) is 18.1. The van der Waals surface area contributed by atoms with E-state index < -0.39 is 0 Å². The molecule has 1 aromatic rings. The van der Waals surface area contributed by atoms with Crippen molar-refractivity contribution in [3.63, 3.8) is 0 Å². The van der Waals surface area contributed by atoms with Crippen molar-refractivity contribution in [2.45, 2.75) is 25.8 Å². The lowest BCUT2D eigenvalue weighted by Gasteiger charge is -2.30. The molecule has 2 amide bonds. The van der Waals surface area contributed by atoms with Gasteiger partial charge >= 0.3 is 6.03 Å². The number of aliphatic hydroxyl groups is 1. The largest absolute Gasteiger partial charge is 0.396 e. The predicted octanol–water partition coefficient (Wildman–Crippen LogP) is 2.06. The lowest BCUT2D eigenvalue weighted by Crippen LogP contribution is -2.39. The van der Waals surface area contributed by atoms with Gasteiger partial charge in [-0.3, -0.25) is 0 Å². The number of nitrogens with zero attached hydrogens (tertiary/aromatic N) is 2. The molecule has 0 radical (unpaired) electrons. The van der Waals surface area contributed by atoms with Crippen LogP contribution in [0.3, 0.4) is 0 Å². The molecule has 5 nitrogen and oxygen atoms in total. The number of piperidine rings is 1. The molecule has 1 aromatic carbocycles. The molecule has 2 saturated heterocycles. The highest BCUT2D eigenvalue weighted by molar-refractivity contribution is 5.74. The lowest BCUT2D eigenvalue weighted by atomic mass is 9.95. The van der Waals surface area contributed by atoms with Gasteiger partial charge in [0.1, 0.15) is 5.82 Å². The summed E-state index contributed by atoms with van der Waals surface area (Å²) in [4.78, 5) is 16.6. The number of nitrogens with one attached hydrogen (secondary N) is 1. The molecule has 0 unspecified atom stereocenters. The van der Waals surface area contributed by atoms with Crippen molar-refractivity contribution < 1.29 is 14.3 Å². The normalized spacial score (nSPS) is 24.5. The van der Waals surface area contributed by atoms with Crippen LogP contribution in [0.1, 0.15) is 24.8 Å². The Morgan fingerprint density at radius 2 is 1.88 bits per heavy atom. The Morgan fingerprint density at radius 1 is 1.16 bits per heavy atom. The van der Waals surface area contributed by atoms with E-state index in [0.717, 1.165) is 19.6 Å². The third kappa shape index (κ3) is 4.70. The number of likely N-dealkylation sites (tertiary alicyclic amines) is 2. The Morgan fingerprint density at radius 3 is 2.60 bits per heavy atom. The van der Waals surface area contributed by atoms with Crippen LogP contribution < -0.4 is 5.32 Å². The molecule has 138 valence electrons. The Hall–Kier alpha value is -1.66. The molecule has 2 aliphatic rings. The van der Waals surface area contributed by atoms with Crippen LogP contribution in [0.5, 0.6) is 0 Å². The van der Waals surface area contributed by atoms with Gasteiger partial charge in [0.25, 0.3) is 0 Å². The summed E-state index contributed by atoms with van der Waals surface area (Å²) in [6.45, 7) is 4.70. The zero-order valence-electron chi connectivity index (χ0n) is 14.7. The molecular weight excluding hydrogens is 321 g/mol. The number of urea groups is 1. The van der Waals surface area contributed by atoms with Crippen molar-refractivity contribution in [3.05, 3.63) is 35.6 Å². The molecule has 2 N–H and O–H groups in total. The van der Waals surface area contributed by atoms with Crippen molar-refractivity contribution >= 4 is 6.03 Å². The number of amides is 2. The third-order valence-electron chi connectivity index (χ3n) is 5.43. The molecular formula is C19H28FN3O2. The van der Waals surface area contributed by atoms with E-state index in [1.165, 1.54) is 25.3 Å². The van der Waals surface area contributed by atoms with Gasteiger partial charge in [0, 0.05) is 44.3 Å².